The van der Waals surface area contributed by atoms with E-state index in [2.05, 4.69) is 25.6 Å². The first-order valence-electron chi connectivity index (χ1n) is 9.16. The first-order valence-corrected chi connectivity index (χ1v) is 10.1. The molecule has 0 unspecified atom stereocenters. The minimum Gasteiger partial charge on any atom is -0.497 e. The van der Waals surface area contributed by atoms with Gasteiger partial charge in [-0.2, -0.15) is 17.9 Å². The zero-order chi connectivity index (χ0) is 22.7. The highest BCUT2D eigenvalue weighted by molar-refractivity contribution is 8.00. The molecule has 4 aromatic rings. The van der Waals surface area contributed by atoms with Crippen molar-refractivity contribution >= 4 is 34.5 Å². The van der Waals surface area contributed by atoms with E-state index in [1.54, 1.807) is 19.2 Å². The van der Waals surface area contributed by atoms with E-state index in [0.29, 0.717) is 27.6 Å². The summed E-state index contributed by atoms with van der Waals surface area (Å²) >= 11 is 1.12. The fraction of sp³-hybridized carbons (Fsp3) is 0.150. The summed E-state index contributed by atoms with van der Waals surface area (Å²) in [7, 11) is 1.56. The van der Waals surface area contributed by atoms with Crippen LogP contribution in [-0.2, 0) is 11.0 Å². The number of aromatic nitrogens is 5. The molecule has 0 fully saturated rings. The Kier molecular flexibility index (Phi) is 5.95. The molecule has 0 saturated carbocycles. The first-order chi connectivity index (χ1) is 15.3. The number of benzene rings is 2. The normalized spacial score (nSPS) is 11.5. The monoisotopic (exact) mass is 460 g/mol. The molecule has 0 aliphatic carbocycles. The molecular weight excluding hydrogens is 445 g/mol. The van der Waals surface area contributed by atoms with Crippen LogP contribution in [0.4, 0.5) is 18.9 Å². The predicted molar refractivity (Wildman–Crippen MR) is 112 cm³/mol. The van der Waals surface area contributed by atoms with Gasteiger partial charge in [-0.1, -0.05) is 23.0 Å². The minimum absolute atomic E-state index is 0.0286. The summed E-state index contributed by atoms with van der Waals surface area (Å²) in [6.07, 6.45) is -3.09. The van der Waals surface area contributed by atoms with Gasteiger partial charge in [-0.3, -0.25) is 4.79 Å². The number of hydrogen-bond donors (Lipinski definition) is 1. The second-order valence-electron chi connectivity index (χ2n) is 6.47. The van der Waals surface area contributed by atoms with Crippen molar-refractivity contribution in [3.8, 4) is 11.4 Å². The molecule has 0 atom stereocenters. The summed E-state index contributed by atoms with van der Waals surface area (Å²) in [5.74, 6) is 0.218. The molecule has 1 N–H and O–H groups in total. The van der Waals surface area contributed by atoms with Crippen LogP contribution in [-0.4, -0.2) is 43.7 Å². The highest BCUT2D eigenvalue weighted by Crippen LogP contribution is 2.30. The van der Waals surface area contributed by atoms with Crippen LogP contribution in [0.25, 0.3) is 16.9 Å². The number of ether oxygens (including phenoxy) is 1. The average Bonchev–Trinajstić information content (AvgIpc) is 3.22. The molecule has 2 heterocycles. The number of carbonyl (C=O) groups is 1. The molecule has 0 saturated heterocycles. The van der Waals surface area contributed by atoms with Crippen molar-refractivity contribution in [1.29, 1.82) is 0 Å². The third-order valence-electron chi connectivity index (χ3n) is 4.34. The van der Waals surface area contributed by atoms with Gasteiger partial charge < -0.3 is 10.1 Å². The minimum atomic E-state index is -4.43. The van der Waals surface area contributed by atoms with Gasteiger partial charge >= 0.3 is 6.18 Å². The summed E-state index contributed by atoms with van der Waals surface area (Å²) < 4.78 is 44.7. The second-order valence-corrected chi connectivity index (χ2v) is 7.43. The number of amides is 1. The van der Waals surface area contributed by atoms with E-state index < -0.39 is 17.6 Å². The number of nitrogens with zero attached hydrogens (tertiary/aromatic N) is 5. The molecule has 164 valence electrons. The van der Waals surface area contributed by atoms with Gasteiger partial charge in [-0.05, 0) is 36.4 Å². The predicted octanol–water partition coefficient (Wildman–Crippen LogP) is 3.97. The van der Waals surface area contributed by atoms with Crippen molar-refractivity contribution in [2.24, 2.45) is 0 Å². The number of fused-ring (bicyclic) bond motifs is 1. The number of anilines is 1. The largest absolute Gasteiger partial charge is 0.497 e. The number of methoxy groups -OCH3 is 1. The van der Waals surface area contributed by atoms with E-state index in [-0.39, 0.29) is 11.4 Å². The van der Waals surface area contributed by atoms with E-state index in [1.807, 2.05) is 12.1 Å². The van der Waals surface area contributed by atoms with Crippen LogP contribution in [0.2, 0.25) is 0 Å². The molecule has 32 heavy (non-hydrogen) atoms. The van der Waals surface area contributed by atoms with Crippen LogP contribution >= 0.6 is 11.8 Å². The van der Waals surface area contributed by atoms with E-state index in [4.69, 9.17) is 4.74 Å². The maximum absolute atomic E-state index is 12.6. The number of alkyl halides is 3. The fourth-order valence-corrected chi connectivity index (χ4v) is 3.55. The van der Waals surface area contributed by atoms with Crippen LogP contribution in [0, 0.1) is 0 Å². The Morgan fingerprint density at radius 2 is 1.94 bits per heavy atom. The van der Waals surface area contributed by atoms with Gasteiger partial charge in [0.1, 0.15) is 17.1 Å². The molecule has 2 aromatic carbocycles. The smallest absolute Gasteiger partial charge is 0.416 e. The Hall–Kier alpha value is -3.67. The van der Waals surface area contributed by atoms with Crippen molar-refractivity contribution in [1.82, 2.24) is 25.0 Å². The van der Waals surface area contributed by atoms with Crippen molar-refractivity contribution in [2.75, 3.05) is 18.2 Å². The second kappa shape index (κ2) is 8.83. The molecule has 0 radical (unpaired) electrons. The highest BCUT2D eigenvalue weighted by atomic mass is 32.2. The zero-order valence-electron chi connectivity index (χ0n) is 16.5. The van der Waals surface area contributed by atoms with Crippen molar-refractivity contribution in [2.45, 2.75) is 11.2 Å². The first kappa shape index (κ1) is 21.6. The van der Waals surface area contributed by atoms with Crippen molar-refractivity contribution < 1.29 is 22.7 Å². The molecule has 1 amide bonds. The summed E-state index contributed by atoms with van der Waals surface area (Å²) in [6, 6.07) is 11.4. The molecule has 0 spiro atoms. The fourth-order valence-electron chi connectivity index (χ4n) is 2.82. The molecule has 2 aromatic heterocycles. The van der Waals surface area contributed by atoms with Crippen LogP contribution in [0.15, 0.2) is 59.9 Å². The van der Waals surface area contributed by atoms with E-state index >= 15 is 0 Å². The number of thioether (sulfide) groups is 1. The van der Waals surface area contributed by atoms with Gasteiger partial charge in [0.2, 0.25) is 5.91 Å². The third-order valence-corrected chi connectivity index (χ3v) is 5.32. The number of rotatable bonds is 6. The molecule has 0 aliphatic rings. The van der Waals surface area contributed by atoms with Gasteiger partial charge in [0.25, 0.3) is 0 Å². The Labute approximate surface area is 183 Å². The molecule has 0 bridgehead atoms. The van der Waals surface area contributed by atoms with Crippen molar-refractivity contribution in [3.05, 3.63) is 60.4 Å². The summed E-state index contributed by atoms with van der Waals surface area (Å²) in [5.41, 5.74) is 1.05. The average molecular weight is 460 g/mol. The van der Waals surface area contributed by atoms with Crippen LogP contribution in [0.1, 0.15) is 5.56 Å². The van der Waals surface area contributed by atoms with E-state index in [0.717, 1.165) is 23.9 Å². The summed E-state index contributed by atoms with van der Waals surface area (Å²) in [5, 5.41) is 11.3. The maximum Gasteiger partial charge on any atom is 0.416 e. The lowest BCUT2D eigenvalue weighted by Gasteiger charge is -2.08. The lowest BCUT2D eigenvalue weighted by Crippen LogP contribution is -2.14. The van der Waals surface area contributed by atoms with Gasteiger partial charge in [0.15, 0.2) is 11.2 Å². The summed E-state index contributed by atoms with van der Waals surface area (Å²) in [6.45, 7) is 0. The van der Waals surface area contributed by atoms with E-state index in [9.17, 15) is 18.0 Å². The molecule has 12 heteroatoms. The SMILES string of the molecule is COc1cccc(-n2nnc3c(SCC(=O)Nc4ccc(C(F)(F)F)cc4)ncnc32)c1. The van der Waals surface area contributed by atoms with Gasteiger partial charge in [0, 0.05) is 11.8 Å². The highest BCUT2D eigenvalue weighted by Gasteiger charge is 2.30. The third kappa shape index (κ3) is 4.64. The summed E-state index contributed by atoms with van der Waals surface area (Å²) in [4.78, 5) is 20.7. The topological polar surface area (TPSA) is 94.8 Å². The van der Waals surface area contributed by atoms with Crippen molar-refractivity contribution in [3.63, 3.8) is 0 Å². The quantitative estimate of drug-likeness (QED) is 0.344. The molecule has 4 rings (SSSR count). The van der Waals surface area contributed by atoms with Gasteiger partial charge in [-0.25, -0.2) is 9.97 Å². The number of carbonyl (C=O) groups excluding carboxylic acids is 1. The lowest BCUT2D eigenvalue weighted by molar-refractivity contribution is -0.137. The Balaban J connectivity index is 1.46. The Bertz CT molecular complexity index is 1260. The number of halogens is 3. The molecule has 0 aliphatic heterocycles. The molecular formula is C20H15F3N6O2S. The van der Waals surface area contributed by atoms with Crippen LogP contribution < -0.4 is 10.1 Å². The molecule has 8 nitrogen and oxygen atoms in total. The standard InChI is InChI=1S/C20H15F3N6O2S/c1-31-15-4-2-3-14(9-15)29-18-17(27-28-29)19(25-11-24-18)32-10-16(30)26-13-7-5-12(6-8-13)20(21,22)23/h2-9,11H,10H2,1H3,(H,26,30). The maximum atomic E-state index is 12.6. The van der Waals surface area contributed by atoms with Crippen LogP contribution in [0.5, 0.6) is 5.75 Å². The Morgan fingerprint density at radius 3 is 2.66 bits per heavy atom. The Morgan fingerprint density at radius 1 is 1.16 bits per heavy atom. The zero-order valence-corrected chi connectivity index (χ0v) is 17.3. The van der Waals surface area contributed by atoms with Gasteiger partial charge in [-0.15, -0.1) is 5.10 Å². The van der Waals surface area contributed by atoms with E-state index in [1.165, 1.54) is 23.1 Å². The van der Waals surface area contributed by atoms with Gasteiger partial charge in [0.05, 0.1) is 24.1 Å². The number of hydrogen-bond acceptors (Lipinski definition) is 7. The number of nitrogens with one attached hydrogen (secondary N) is 1. The lowest BCUT2D eigenvalue weighted by atomic mass is 10.2. The van der Waals surface area contributed by atoms with Crippen LogP contribution in [0.3, 0.4) is 0 Å².